The van der Waals surface area contributed by atoms with E-state index in [2.05, 4.69) is 46.1 Å². The van der Waals surface area contributed by atoms with E-state index in [0.29, 0.717) is 17.9 Å². The molecular formula is C32H34N6O2. The van der Waals surface area contributed by atoms with Gasteiger partial charge in [0.15, 0.2) is 0 Å². The lowest BCUT2D eigenvalue weighted by Crippen LogP contribution is -2.61. The van der Waals surface area contributed by atoms with Crippen LogP contribution in [0.4, 0.5) is 0 Å². The Morgan fingerprint density at radius 2 is 1.85 bits per heavy atom. The number of fused-ring (bicyclic) bond motifs is 2. The normalized spacial score (nSPS) is 20.0. The first-order chi connectivity index (χ1) is 19.4. The summed E-state index contributed by atoms with van der Waals surface area (Å²) in [5.74, 6) is -0.322. The Bertz CT molecular complexity index is 1610. The third-order valence-corrected chi connectivity index (χ3v) is 9.23. The summed E-state index contributed by atoms with van der Waals surface area (Å²) in [7, 11) is 0. The second kappa shape index (κ2) is 9.55. The van der Waals surface area contributed by atoms with Gasteiger partial charge in [-0.25, -0.2) is 4.98 Å². The number of amides is 2. The Labute approximate surface area is 233 Å². The highest BCUT2D eigenvalue weighted by Gasteiger charge is 2.48. The lowest BCUT2D eigenvalue weighted by atomic mass is 9.71. The van der Waals surface area contributed by atoms with Gasteiger partial charge in [0.1, 0.15) is 11.3 Å². The minimum Gasteiger partial charge on any atom is -0.364 e. The van der Waals surface area contributed by atoms with Gasteiger partial charge in [0.2, 0.25) is 5.91 Å². The lowest BCUT2D eigenvalue weighted by molar-refractivity contribution is -0.136. The van der Waals surface area contributed by atoms with Crippen molar-refractivity contribution in [3.05, 3.63) is 89.1 Å². The van der Waals surface area contributed by atoms with E-state index in [1.807, 2.05) is 33.8 Å². The molecule has 2 saturated heterocycles. The van der Waals surface area contributed by atoms with Crippen molar-refractivity contribution in [3.8, 4) is 11.1 Å². The average molecular weight is 535 g/mol. The molecule has 2 N–H and O–H groups in total. The molecule has 3 aromatic heterocycles. The molecule has 2 amide bonds. The number of nitrogens with two attached hydrogens (primary N) is 1. The van der Waals surface area contributed by atoms with Crippen LogP contribution in [0.1, 0.15) is 58.2 Å². The van der Waals surface area contributed by atoms with Crippen molar-refractivity contribution >= 4 is 17.5 Å². The maximum absolute atomic E-state index is 13.1. The number of aromatic nitrogens is 3. The van der Waals surface area contributed by atoms with Crippen LogP contribution < -0.4 is 5.73 Å². The maximum Gasteiger partial charge on any atom is 0.267 e. The van der Waals surface area contributed by atoms with Gasteiger partial charge in [-0.15, -0.1) is 0 Å². The SMILES string of the molecule is Cc1ccn2cc(CC(=O)N3CCC4(CC3)CN(C3CCc5cc(-c6ccc(C(N)=O)nc6)ccc53)C4)nc2c1. The summed E-state index contributed by atoms with van der Waals surface area (Å²) < 4.78 is 1.99. The minimum absolute atomic E-state index is 0.186. The van der Waals surface area contributed by atoms with Gasteiger partial charge in [0.25, 0.3) is 5.91 Å². The number of hydrogen-bond donors (Lipinski definition) is 1. The van der Waals surface area contributed by atoms with E-state index in [1.54, 1.807) is 12.3 Å². The Kier molecular flexibility index (Phi) is 5.96. The number of hydrogen-bond acceptors (Lipinski definition) is 5. The van der Waals surface area contributed by atoms with E-state index < -0.39 is 5.91 Å². The summed E-state index contributed by atoms with van der Waals surface area (Å²) >= 11 is 0. The van der Waals surface area contributed by atoms with Crippen molar-refractivity contribution in [2.24, 2.45) is 11.1 Å². The number of benzene rings is 1. The molecule has 3 aliphatic rings. The van der Waals surface area contributed by atoms with Crippen LogP contribution in [-0.2, 0) is 17.6 Å². The number of nitrogens with zero attached hydrogens (tertiary/aromatic N) is 5. The smallest absolute Gasteiger partial charge is 0.267 e. The number of primary amides is 1. The standard InChI is InChI=1S/C32H34N6O2/c1-21-8-11-37-18-25(35-29(37)14-21)16-30(39)36-12-9-32(10-13-36)19-38(20-32)28-7-4-23-15-22(2-5-26(23)28)24-3-6-27(31(33)40)34-17-24/h2-3,5-6,8,11,14-15,17-18,28H,4,7,9-10,12-13,16,19-20H2,1H3,(H2,33,40). The van der Waals surface area contributed by atoms with E-state index in [1.165, 1.54) is 16.7 Å². The van der Waals surface area contributed by atoms with Crippen LogP contribution in [0.25, 0.3) is 16.8 Å². The van der Waals surface area contributed by atoms with Crippen molar-refractivity contribution < 1.29 is 9.59 Å². The van der Waals surface area contributed by atoms with Crippen LogP contribution in [0.15, 0.2) is 61.1 Å². The van der Waals surface area contributed by atoms with Crippen molar-refractivity contribution in [2.45, 2.75) is 45.1 Å². The molecule has 204 valence electrons. The Hall–Kier alpha value is -4.04. The molecule has 0 bridgehead atoms. The van der Waals surface area contributed by atoms with Gasteiger partial charge in [0, 0.05) is 56.4 Å². The van der Waals surface area contributed by atoms with E-state index in [9.17, 15) is 9.59 Å². The molecule has 2 fully saturated rings. The molecule has 1 aliphatic carbocycles. The maximum atomic E-state index is 13.1. The van der Waals surface area contributed by atoms with Crippen molar-refractivity contribution in [1.82, 2.24) is 24.2 Å². The topological polar surface area (TPSA) is 96.8 Å². The van der Waals surface area contributed by atoms with E-state index >= 15 is 0 Å². The van der Waals surface area contributed by atoms with Gasteiger partial charge in [-0.05, 0) is 78.5 Å². The summed E-state index contributed by atoms with van der Waals surface area (Å²) in [6.07, 6.45) is 10.4. The Morgan fingerprint density at radius 3 is 2.60 bits per heavy atom. The van der Waals surface area contributed by atoms with Crippen LogP contribution in [0.2, 0.25) is 0 Å². The summed E-state index contributed by atoms with van der Waals surface area (Å²) in [6.45, 7) is 5.97. The number of imidazole rings is 1. The number of pyridine rings is 2. The molecule has 0 radical (unpaired) electrons. The zero-order valence-electron chi connectivity index (χ0n) is 22.8. The summed E-state index contributed by atoms with van der Waals surface area (Å²) in [6, 6.07) is 14.9. The zero-order chi connectivity index (χ0) is 27.4. The summed E-state index contributed by atoms with van der Waals surface area (Å²) in [5, 5.41) is 0. The highest BCUT2D eigenvalue weighted by Crippen LogP contribution is 2.48. The van der Waals surface area contributed by atoms with Gasteiger partial charge < -0.3 is 15.0 Å². The molecule has 2 aliphatic heterocycles. The minimum atomic E-state index is -0.508. The molecule has 7 rings (SSSR count). The van der Waals surface area contributed by atoms with Gasteiger partial charge in [-0.1, -0.05) is 24.3 Å². The summed E-state index contributed by atoms with van der Waals surface area (Å²) in [5.41, 5.74) is 13.8. The highest BCUT2D eigenvalue weighted by atomic mass is 16.2. The first-order valence-corrected chi connectivity index (χ1v) is 14.2. The van der Waals surface area contributed by atoms with E-state index in [0.717, 1.165) is 74.3 Å². The first-order valence-electron chi connectivity index (χ1n) is 14.2. The second-order valence-corrected chi connectivity index (χ2v) is 11.9. The fraction of sp³-hybridized carbons (Fsp3) is 0.375. The average Bonchev–Trinajstić information content (AvgIpc) is 3.54. The number of aryl methyl sites for hydroxylation is 2. The van der Waals surface area contributed by atoms with Gasteiger partial charge in [-0.2, -0.15) is 0 Å². The van der Waals surface area contributed by atoms with Crippen LogP contribution in [0, 0.1) is 12.3 Å². The predicted molar refractivity (Wildman–Crippen MR) is 153 cm³/mol. The molecule has 8 heteroatoms. The molecule has 1 aromatic carbocycles. The molecule has 40 heavy (non-hydrogen) atoms. The van der Waals surface area contributed by atoms with Gasteiger partial charge in [-0.3, -0.25) is 19.5 Å². The molecule has 0 saturated carbocycles. The lowest BCUT2D eigenvalue weighted by Gasteiger charge is -2.56. The second-order valence-electron chi connectivity index (χ2n) is 11.9. The number of carbonyl (C=O) groups excluding carboxylic acids is 2. The monoisotopic (exact) mass is 534 g/mol. The number of likely N-dealkylation sites (tertiary alicyclic amines) is 2. The molecule has 1 unspecified atom stereocenters. The van der Waals surface area contributed by atoms with Crippen molar-refractivity contribution in [3.63, 3.8) is 0 Å². The van der Waals surface area contributed by atoms with Gasteiger partial charge in [0.05, 0.1) is 12.1 Å². The quantitative estimate of drug-likeness (QED) is 0.418. The molecule has 5 heterocycles. The molecule has 4 aromatic rings. The number of carbonyl (C=O) groups is 2. The molecule has 8 nitrogen and oxygen atoms in total. The summed E-state index contributed by atoms with van der Waals surface area (Å²) in [4.78, 5) is 37.9. The van der Waals surface area contributed by atoms with Crippen LogP contribution >= 0.6 is 0 Å². The first kappa shape index (κ1) is 25.0. The highest BCUT2D eigenvalue weighted by molar-refractivity contribution is 5.91. The molecule has 1 atom stereocenters. The molecule has 1 spiro atoms. The van der Waals surface area contributed by atoms with Crippen LogP contribution in [0.5, 0.6) is 0 Å². The van der Waals surface area contributed by atoms with Crippen molar-refractivity contribution in [1.29, 1.82) is 0 Å². The Morgan fingerprint density at radius 1 is 1.05 bits per heavy atom. The fourth-order valence-corrected chi connectivity index (χ4v) is 6.93. The van der Waals surface area contributed by atoms with E-state index in [-0.39, 0.29) is 11.6 Å². The number of rotatable bonds is 5. The van der Waals surface area contributed by atoms with Crippen LogP contribution in [0.3, 0.4) is 0 Å². The van der Waals surface area contributed by atoms with Crippen LogP contribution in [-0.4, -0.2) is 62.2 Å². The fourth-order valence-electron chi connectivity index (χ4n) is 6.93. The largest absolute Gasteiger partial charge is 0.364 e. The molecular weight excluding hydrogens is 500 g/mol. The van der Waals surface area contributed by atoms with Crippen molar-refractivity contribution in [2.75, 3.05) is 26.2 Å². The van der Waals surface area contributed by atoms with Gasteiger partial charge >= 0.3 is 0 Å². The Balaban J connectivity index is 0.945. The number of piperidine rings is 1. The van der Waals surface area contributed by atoms with E-state index in [4.69, 9.17) is 5.73 Å². The zero-order valence-corrected chi connectivity index (χ0v) is 22.8. The third kappa shape index (κ3) is 4.46. The third-order valence-electron chi connectivity index (χ3n) is 9.23. The predicted octanol–water partition coefficient (Wildman–Crippen LogP) is 3.96.